The Morgan fingerprint density at radius 1 is 1.00 bits per heavy atom. The Hall–Kier alpha value is -0.350. The Bertz CT molecular complexity index is 459. The summed E-state index contributed by atoms with van der Waals surface area (Å²) in [6.07, 6.45) is 16.8. The highest BCUT2D eigenvalue weighted by Crippen LogP contribution is 2.34. The molecule has 0 aromatic carbocycles. The maximum absolute atomic E-state index is 10.9. The summed E-state index contributed by atoms with van der Waals surface area (Å²) in [4.78, 5) is 11.6. The summed E-state index contributed by atoms with van der Waals surface area (Å²) in [5.41, 5.74) is 0. The number of carbonyl (C=O) groups is 1. The third kappa shape index (κ3) is 10.4. The van der Waals surface area contributed by atoms with Gasteiger partial charge in [-0.15, -0.1) is 11.3 Å². The number of halogens is 1. The number of aldehydes is 1. The predicted molar refractivity (Wildman–Crippen MR) is 113 cm³/mol. The lowest BCUT2D eigenvalue weighted by atomic mass is 9.95. The van der Waals surface area contributed by atoms with Gasteiger partial charge < -0.3 is 4.74 Å². The Balaban J connectivity index is 2.37. The molecule has 1 aromatic rings. The predicted octanol–water partition coefficient (Wildman–Crippen LogP) is 8.04. The minimum absolute atomic E-state index is 0.634. The van der Waals surface area contributed by atoms with Crippen LogP contribution in [0, 0.1) is 5.92 Å². The van der Waals surface area contributed by atoms with Crippen molar-refractivity contribution in [1.82, 2.24) is 0 Å². The number of ether oxygens (including phenoxy) is 1. The molecule has 0 spiro atoms. The Kier molecular flexibility index (Phi) is 13.4. The van der Waals surface area contributed by atoms with Gasteiger partial charge in [-0.25, -0.2) is 0 Å². The van der Waals surface area contributed by atoms with Gasteiger partial charge in [-0.1, -0.05) is 78.1 Å². The van der Waals surface area contributed by atoms with Crippen molar-refractivity contribution in [3.05, 3.63) is 14.7 Å². The van der Waals surface area contributed by atoms with Crippen LogP contribution in [0.15, 0.2) is 9.85 Å². The van der Waals surface area contributed by atoms with E-state index in [-0.39, 0.29) is 0 Å². The molecule has 0 aliphatic rings. The molecule has 1 heterocycles. The minimum atomic E-state index is 0.634. The van der Waals surface area contributed by atoms with E-state index in [0.29, 0.717) is 5.92 Å². The van der Waals surface area contributed by atoms with E-state index in [1.54, 1.807) is 0 Å². The first-order valence-electron chi connectivity index (χ1n) is 10.1. The van der Waals surface area contributed by atoms with Crippen LogP contribution in [0.2, 0.25) is 0 Å². The fraction of sp³-hybridized carbons (Fsp3) is 0.762. The van der Waals surface area contributed by atoms with E-state index >= 15 is 0 Å². The average molecular weight is 431 g/mol. The molecule has 2 nitrogen and oxygen atoms in total. The summed E-state index contributed by atoms with van der Waals surface area (Å²) in [6, 6.07) is 1.85. The van der Waals surface area contributed by atoms with Crippen LogP contribution in [0.25, 0.3) is 0 Å². The molecule has 0 saturated heterocycles. The molecule has 0 aliphatic carbocycles. The van der Waals surface area contributed by atoms with E-state index in [1.807, 2.05) is 6.07 Å². The van der Waals surface area contributed by atoms with E-state index < -0.39 is 0 Å². The molecule has 144 valence electrons. The summed E-state index contributed by atoms with van der Waals surface area (Å²) in [5.74, 6) is 1.46. The van der Waals surface area contributed by atoms with E-state index in [2.05, 4.69) is 29.8 Å². The Morgan fingerprint density at radius 3 is 2.12 bits per heavy atom. The zero-order valence-electron chi connectivity index (χ0n) is 16.0. The molecule has 0 aliphatic heterocycles. The van der Waals surface area contributed by atoms with Crippen LogP contribution in [0.5, 0.6) is 5.75 Å². The van der Waals surface area contributed by atoms with Crippen LogP contribution in [-0.4, -0.2) is 12.9 Å². The number of carbonyl (C=O) groups excluding carboxylic acids is 1. The zero-order chi connectivity index (χ0) is 18.3. The van der Waals surface area contributed by atoms with E-state index in [0.717, 1.165) is 27.3 Å². The minimum Gasteiger partial charge on any atom is -0.491 e. The third-order valence-corrected chi connectivity index (χ3v) is 6.40. The second kappa shape index (κ2) is 14.8. The van der Waals surface area contributed by atoms with Crippen molar-refractivity contribution in [3.8, 4) is 5.75 Å². The van der Waals surface area contributed by atoms with Crippen LogP contribution in [-0.2, 0) is 0 Å². The molecule has 0 radical (unpaired) electrons. The summed E-state index contributed by atoms with van der Waals surface area (Å²) >= 11 is 4.95. The SMILES string of the molecule is CCCCCCCCC(CCCCCC)COc1cc(C=O)sc1Br. The van der Waals surface area contributed by atoms with Crippen molar-refractivity contribution in [2.45, 2.75) is 90.9 Å². The number of unbranched alkanes of at least 4 members (excludes halogenated alkanes) is 8. The van der Waals surface area contributed by atoms with Crippen LogP contribution < -0.4 is 4.74 Å². The summed E-state index contributed by atoms with van der Waals surface area (Å²) < 4.78 is 6.97. The molecule has 0 fully saturated rings. The van der Waals surface area contributed by atoms with Gasteiger partial charge in [0.25, 0.3) is 0 Å². The highest BCUT2D eigenvalue weighted by atomic mass is 79.9. The van der Waals surface area contributed by atoms with Crippen LogP contribution in [0.1, 0.15) is 101 Å². The molecule has 0 amide bonds. The number of thiophene rings is 1. The first kappa shape index (κ1) is 22.7. The van der Waals surface area contributed by atoms with E-state index in [1.165, 1.54) is 88.4 Å². The lowest BCUT2D eigenvalue weighted by Gasteiger charge is -2.17. The van der Waals surface area contributed by atoms with Crippen molar-refractivity contribution in [1.29, 1.82) is 0 Å². The monoisotopic (exact) mass is 430 g/mol. The lowest BCUT2D eigenvalue weighted by Crippen LogP contribution is -2.12. The smallest absolute Gasteiger partial charge is 0.160 e. The summed E-state index contributed by atoms with van der Waals surface area (Å²) in [5, 5.41) is 0. The Morgan fingerprint density at radius 2 is 1.56 bits per heavy atom. The molecule has 0 bridgehead atoms. The first-order valence-corrected chi connectivity index (χ1v) is 11.7. The summed E-state index contributed by atoms with van der Waals surface area (Å²) in [6.45, 7) is 5.30. The molecular formula is C21H35BrO2S. The molecule has 4 heteroatoms. The molecule has 1 atom stereocenters. The fourth-order valence-electron chi connectivity index (χ4n) is 3.12. The van der Waals surface area contributed by atoms with Crippen molar-refractivity contribution < 1.29 is 9.53 Å². The van der Waals surface area contributed by atoms with E-state index in [9.17, 15) is 4.79 Å². The number of rotatable bonds is 16. The van der Waals surface area contributed by atoms with Gasteiger partial charge in [0, 0.05) is 6.07 Å². The maximum Gasteiger partial charge on any atom is 0.160 e. The molecule has 1 rings (SSSR count). The fourth-order valence-corrected chi connectivity index (χ4v) is 4.55. The second-order valence-corrected chi connectivity index (χ2v) is 9.39. The molecular weight excluding hydrogens is 396 g/mol. The van der Waals surface area contributed by atoms with Gasteiger partial charge in [0.1, 0.15) is 9.54 Å². The topological polar surface area (TPSA) is 26.3 Å². The van der Waals surface area contributed by atoms with Crippen molar-refractivity contribution in [2.24, 2.45) is 5.92 Å². The third-order valence-electron chi connectivity index (χ3n) is 4.70. The number of hydrogen-bond donors (Lipinski definition) is 0. The molecule has 1 aromatic heterocycles. The number of hydrogen-bond acceptors (Lipinski definition) is 3. The molecule has 0 saturated carbocycles. The van der Waals surface area contributed by atoms with Gasteiger partial charge in [0.05, 0.1) is 11.5 Å². The second-order valence-electron chi connectivity index (χ2n) is 6.99. The lowest BCUT2D eigenvalue weighted by molar-refractivity contribution is 0.112. The Labute approximate surface area is 166 Å². The molecule has 1 unspecified atom stereocenters. The highest BCUT2D eigenvalue weighted by Gasteiger charge is 2.13. The van der Waals surface area contributed by atoms with E-state index in [4.69, 9.17) is 4.74 Å². The summed E-state index contributed by atoms with van der Waals surface area (Å²) in [7, 11) is 0. The standard InChI is InChI=1S/C21H35BrO2S/c1-3-5-7-9-10-12-14-18(13-11-8-6-4-2)17-24-20-15-19(16-23)25-21(20)22/h15-16,18H,3-14,17H2,1-2H3. The average Bonchev–Trinajstić information content (AvgIpc) is 2.98. The van der Waals surface area contributed by atoms with Crippen molar-refractivity contribution >= 4 is 33.6 Å². The van der Waals surface area contributed by atoms with Gasteiger partial charge in [0.15, 0.2) is 6.29 Å². The van der Waals surface area contributed by atoms with Crippen LogP contribution in [0.3, 0.4) is 0 Å². The van der Waals surface area contributed by atoms with Gasteiger partial charge in [-0.2, -0.15) is 0 Å². The van der Waals surface area contributed by atoms with Gasteiger partial charge in [-0.05, 0) is 34.7 Å². The van der Waals surface area contributed by atoms with Crippen molar-refractivity contribution in [3.63, 3.8) is 0 Å². The van der Waals surface area contributed by atoms with Crippen LogP contribution >= 0.6 is 27.3 Å². The van der Waals surface area contributed by atoms with Crippen molar-refractivity contribution in [2.75, 3.05) is 6.61 Å². The molecule has 25 heavy (non-hydrogen) atoms. The first-order chi connectivity index (χ1) is 12.2. The van der Waals surface area contributed by atoms with Gasteiger partial charge in [0.2, 0.25) is 0 Å². The largest absolute Gasteiger partial charge is 0.491 e. The maximum atomic E-state index is 10.9. The zero-order valence-corrected chi connectivity index (χ0v) is 18.4. The van der Waals surface area contributed by atoms with Gasteiger partial charge >= 0.3 is 0 Å². The normalized spacial score (nSPS) is 12.3. The van der Waals surface area contributed by atoms with Crippen LogP contribution in [0.4, 0.5) is 0 Å². The highest BCUT2D eigenvalue weighted by molar-refractivity contribution is 9.11. The van der Waals surface area contributed by atoms with Gasteiger partial charge in [-0.3, -0.25) is 4.79 Å². The quantitative estimate of drug-likeness (QED) is 0.196. The molecule has 0 N–H and O–H groups in total.